The van der Waals surface area contributed by atoms with Crippen LogP contribution in [0.1, 0.15) is 30.5 Å². The largest absolute Gasteiger partial charge is 0.337 e. The molecule has 0 spiro atoms. The highest BCUT2D eigenvalue weighted by Crippen LogP contribution is 2.38. The van der Waals surface area contributed by atoms with E-state index in [1.54, 1.807) is 10.9 Å². The molecule has 78 valence electrons. The summed E-state index contributed by atoms with van der Waals surface area (Å²) in [6.07, 6.45) is 6.14. The molecule has 1 saturated carbocycles. The van der Waals surface area contributed by atoms with Gasteiger partial charge in [-0.2, -0.15) is 10.1 Å². The lowest BCUT2D eigenvalue weighted by Crippen LogP contribution is -2.00. The molecular formula is C9H9IN4O. The first-order valence-electron chi connectivity index (χ1n) is 4.82. The van der Waals surface area contributed by atoms with Crippen molar-refractivity contribution < 1.29 is 4.52 Å². The average Bonchev–Trinajstić information content (AvgIpc) is 2.84. The van der Waals surface area contributed by atoms with Crippen LogP contribution in [0.2, 0.25) is 0 Å². The third kappa shape index (κ3) is 2.04. The van der Waals surface area contributed by atoms with Gasteiger partial charge in [0.2, 0.25) is 5.89 Å². The van der Waals surface area contributed by atoms with Crippen molar-refractivity contribution in [2.45, 2.75) is 25.3 Å². The Hall–Kier alpha value is -0.920. The fourth-order valence-electron chi connectivity index (χ4n) is 1.40. The number of rotatable bonds is 3. The van der Waals surface area contributed by atoms with E-state index in [1.165, 1.54) is 12.8 Å². The Morgan fingerprint density at radius 3 is 3.07 bits per heavy atom. The van der Waals surface area contributed by atoms with Gasteiger partial charge in [-0.25, -0.2) is 0 Å². The Labute approximate surface area is 100.0 Å². The molecule has 0 N–H and O–H groups in total. The Morgan fingerprint density at radius 2 is 2.40 bits per heavy atom. The van der Waals surface area contributed by atoms with Gasteiger partial charge in [0.05, 0.1) is 9.77 Å². The maximum absolute atomic E-state index is 5.15. The highest BCUT2D eigenvalue weighted by atomic mass is 127. The summed E-state index contributed by atoms with van der Waals surface area (Å²) in [6, 6.07) is 0. The third-order valence-corrected chi connectivity index (χ3v) is 2.88. The highest BCUT2D eigenvalue weighted by Gasteiger charge is 2.28. The van der Waals surface area contributed by atoms with Crippen molar-refractivity contribution in [3.8, 4) is 0 Å². The first-order valence-corrected chi connectivity index (χ1v) is 5.89. The SMILES string of the molecule is Ic1cnn(Cc2nc(C3CC3)no2)c1. The number of halogens is 1. The van der Waals surface area contributed by atoms with Crippen LogP contribution < -0.4 is 0 Å². The molecule has 0 aliphatic heterocycles. The fourth-order valence-corrected chi connectivity index (χ4v) is 1.85. The van der Waals surface area contributed by atoms with E-state index in [1.807, 2.05) is 6.20 Å². The minimum absolute atomic E-state index is 0.542. The van der Waals surface area contributed by atoms with E-state index >= 15 is 0 Å². The second-order valence-electron chi connectivity index (χ2n) is 3.68. The summed E-state index contributed by atoms with van der Waals surface area (Å²) in [4.78, 5) is 4.34. The molecule has 2 heterocycles. The van der Waals surface area contributed by atoms with E-state index in [0.29, 0.717) is 18.4 Å². The maximum atomic E-state index is 5.15. The molecule has 0 aromatic carbocycles. The van der Waals surface area contributed by atoms with Crippen LogP contribution in [0.25, 0.3) is 0 Å². The molecule has 6 heteroatoms. The zero-order valence-electron chi connectivity index (χ0n) is 7.93. The van der Waals surface area contributed by atoms with Crippen molar-refractivity contribution >= 4 is 22.6 Å². The van der Waals surface area contributed by atoms with E-state index in [2.05, 4.69) is 37.8 Å². The van der Waals surface area contributed by atoms with Crippen LogP contribution in [0, 0.1) is 3.57 Å². The fraction of sp³-hybridized carbons (Fsp3) is 0.444. The summed E-state index contributed by atoms with van der Waals surface area (Å²) in [7, 11) is 0. The van der Waals surface area contributed by atoms with Crippen molar-refractivity contribution in [1.29, 1.82) is 0 Å². The predicted octanol–water partition coefficient (Wildman–Crippen LogP) is 1.80. The van der Waals surface area contributed by atoms with Gasteiger partial charge >= 0.3 is 0 Å². The second-order valence-corrected chi connectivity index (χ2v) is 4.92. The van der Waals surface area contributed by atoms with Gasteiger partial charge in [0.1, 0.15) is 6.54 Å². The van der Waals surface area contributed by atoms with Crippen molar-refractivity contribution in [1.82, 2.24) is 19.9 Å². The molecule has 1 aliphatic rings. The number of hydrogen-bond donors (Lipinski definition) is 0. The first-order chi connectivity index (χ1) is 7.31. The summed E-state index contributed by atoms with van der Waals surface area (Å²) in [5, 5.41) is 8.11. The van der Waals surface area contributed by atoms with E-state index in [-0.39, 0.29) is 0 Å². The van der Waals surface area contributed by atoms with Crippen LogP contribution >= 0.6 is 22.6 Å². The summed E-state index contributed by atoms with van der Waals surface area (Å²) in [5.41, 5.74) is 0. The van der Waals surface area contributed by atoms with Crippen molar-refractivity contribution in [3.05, 3.63) is 27.7 Å². The molecule has 5 nitrogen and oxygen atoms in total. The molecule has 3 rings (SSSR count). The zero-order chi connectivity index (χ0) is 10.3. The number of nitrogens with zero attached hydrogens (tertiary/aromatic N) is 4. The van der Waals surface area contributed by atoms with E-state index in [0.717, 1.165) is 9.39 Å². The normalized spacial score (nSPS) is 15.8. The van der Waals surface area contributed by atoms with Crippen molar-refractivity contribution in [3.63, 3.8) is 0 Å². The van der Waals surface area contributed by atoms with Crippen LogP contribution in [-0.4, -0.2) is 19.9 Å². The molecule has 1 fully saturated rings. The van der Waals surface area contributed by atoms with Gasteiger partial charge in [-0.05, 0) is 35.4 Å². The number of aromatic nitrogens is 4. The molecule has 0 unspecified atom stereocenters. The van der Waals surface area contributed by atoms with Crippen LogP contribution in [0.15, 0.2) is 16.9 Å². The minimum atomic E-state index is 0.542. The molecule has 0 saturated heterocycles. The number of hydrogen-bond acceptors (Lipinski definition) is 4. The molecule has 0 atom stereocenters. The lowest BCUT2D eigenvalue weighted by molar-refractivity contribution is 0.361. The molecular weight excluding hydrogens is 307 g/mol. The summed E-state index contributed by atoms with van der Waals surface area (Å²) in [5.74, 6) is 2.03. The molecule has 0 amide bonds. The summed E-state index contributed by atoms with van der Waals surface area (Å²) >= 11 is 2.22. The van der Waals surface area contributed by atoms with E-state index in [9.17, 15) is 0 Å². The Balaban J connectivity index is 1.75. The van der Waals surface area contributed by atoms with Crippen LogP contribution in [-0.2, 0) is 6.54 Å². The van der Waals surface area contributed by atoms with Gasteiger partial charge < -0.3 is 4.52 Å². The molecule has 2 aromatic heterocycles. The first kappa shape index (κ1) is 9.32. The highest BCUT2D eigenvalue weighted by molar-refractivity contribution is 14.1. The topological polar surface area (TPSA) is 56.7 Å². The van der Waals surface area contributed by atoms with Gasteiger partial charge in [0.15, 0.2) is 5.82 Å². The van der Waals surface area contributed by atoms with E-state index < -0.39 is 0 Å². The standard InChI is InChI=1S/C9H9IN4O/c10-7-3-11-14(4-7)5-8-12-9(13-15-8)6-1-2-6/h3-4,6H,1-2,5H2. The van der Waals surface area contributed by atoms with Gasteiger partial charge in [-0.1, -0.05) is 5.16 Å². The smallest absolute Gasteiger partial charge is 0.248 e. The molecule has 1 aliphatic carbocycles. The molecule has 0 radical (unpaired) electrons. The molecule has 0 bridgehead atoms. The van der Waals surface area contributed by atoms with Crippen LogP contribution in [0.5, 0.6) is 0 Å². The Kier molecular flexibility index (Phi) is 2.23. The van der Waals surface area contributed by atoms with Crippen molar-refractivity contribution in [2.24, 2.45) is 0 Å². The van der Waals surface area contributed by atoms with E-state index in [4.69, 9.17) is 4.52 Å². The average molecular weight is 316 g/mol. The quantitative estimate of drug-likeness (QED) is 0.810. The Bertz CT molecular complexity index is 474. The van der Waals surface area contributed by atoms with Gasteiger partial charge in [0.25, 0.3) is 0 Å². The molecule has 15 heavy (non-hydrogen) atoms. The van der Waals surface area contributed by atoms with Crippen LogP contribution in [0.4, 0.5) is 0 Å². The summed E-state index contributed by atoms with van der Waals surface area (Å²) in [6.45, 7) is 0.558. The lowest BCUT2D eigenvalue weighted by Gasteiger charge is -1.93. The predicted molar refractivity (Wildman–Crippen MR) is 60.3 cm³/mol. The second kappa shape index (κ2) is 3.58. The van der Waals surface area contributed by atoms with Gasteiger partial charge in [-0.3, -0.25) is 4.68 Å². The summed E-state index contributed by atoms with van der Waals surface area (Å²) < 4.78 is 8.06. The Morgan fingerprint density at radius 1 is 1.53 bits per heavy atom. The zero-order valence-corrected chi connectivity index (χ0v) is 10.1. The van der Waals surface area contributed by atoms with Gasteiger partial charge in [0, 0.05) is 12.1 Å². The van der Waals surface area contributed by atoms with Crippen LogP contribution in [0.3, 0.4) is 0 Å². The van der Waals surface area contributed by atoms with Gasteiger partial charge in [-0.15, -0.1) is 0 Å². The molecule has 2 aromatic rings. The lowest BCUT2D eigenvalue weighted by atomic mass is 10.4. The monoisotopic (exact) mass is 316 g/mol. The van der Waals surface area contributed by atoms with Crippen molar-refractivity contribution in [2.75, 3.05) is 0 Å². The maximum Gasteiger partial charge on any atom is 0.248 e. The third-order valence-electron chi connectivity index (χ3n) is 2.33. The minimum Gasteiger partial charge on any atom is -0.337 e.